The van der Waals surface area contributed by atoms with Gasteiger partial charge in [0.25, 0.3) is 0 Å². The number of carbonyl (C=O) groups is 1. The fourth-order valence-electron chi connectivity index (χ4n) is 5.71. The molecule has 0 atom stereocenters. The van der Waals surface area contributed by atoms with Crippen LogP contribution in [0.3, 0.4) is 0 Å². The van der Waals surface area contributed by atoms with E-state index in [1.165, 1.54) is 31.4 Å². The molecular formula is C41H55N3O4. The predicted octanol–water partition coefficient (Wildman–Crippen LogP) is 9.51. The summed E-state index contributed by atoms with van der Waals surface area (Å²) in [5.74, 6) is 1.57. The second-order valence-corrected chi connectivity index (χ2v) is 13.3. The summed E-state index contributed by atoms with van der Waals surface area (Å²) in [6, 6.07) is 21.4. The number of methoxy groups -OCH3 is 2. The van der Waals surface area contributed by atoms with E-state index in [2.05, 4.69) is 96.5 Å². The van der Waals surface area contributed by atoms with Gasteiger partial charge in [0.05, 0.1) is 14.2 Å². The minimum Gasteiger partial charge on any atom is -0.496 e. The molecule has 1 saturated heterocycles. The Bertz CT molecular complexity index is 1490. The maximum atomic E-state index is 12.4. The SMILES string of the molecule is CCCCN(CCCC)c1ccc(/C=C/c2cc(OC)c(/C=C/c3ccc(N4CCN(C(=O)OC(C)(C)C)CC4)cc3)cc2OC)cc1. The van der Waals surface area contributed by atoms with E-state index in [0.29, 0.717) is 13.1 Å². The van der Waals surface area contributed by atoms with Crippen LogP contribution in [0.5, 0.6) is 11.5 Å². The van der Waals surface area contributed by atoms with Crippen LogP contribution in [0, 0.1) is 0 Å². The average Bonchev–Trinajstić information content (AvgIpc) is 3.09. The summed E-state index contributed by atoms with van der Waals surface area (Å²) in [5.41, 5.74) is 6.08. The Morgan fingerprint density at radius 2 is 1.21 bits per heavy atom. The van der Waals surface area contributed by atoms with Gasteiger partial charge in [-0.05, 0) is 81.1 Å². The van der Waals surface area contributed by atoms with Crippen LogP contribution in [0.15, 0.2) is 60.7 Å². The van der Waals surface area contributed by atoms with Crippen LogP contribution in [0.1, 0.15) is 82.6 Å². The van der Waals surface area contributed by atoms with Crippen molar-refractivity contribution in [3.63, 3.8) is 0 Å². The van der Waals surface area contributed by atoms with Gasteiger partial charge in [-0.25, -0.2) is 4.79 Å². The highest BCUT2D eigenvalue weighted by Crippen LogP contribution is 2.32. The van der Waals surface area contributed by atoms with Crippen molar-refractivity contribution < 1.29 is 19.0 Å². The van der Waals surface area contributed by atoms with Crippen molar-refractivity contribution in [2.24, 2.45) is 0 Å². The molecule has 7 nitrogen and oxygen atoms in total. The second kappa shape index (κ2) is 17.7. The zero-order valence-electron chi connectivity index (χ0n) is 30.1. The molecule has 7 heteroatoms. The fraction of sp³-hybridized carbons (Fsp3) is 0.439. The number of amides is 1. The molecular weight excluding hydrogens is 598 g/mol. The first-order valence-electron chi connectivity index (χ1n) is 17.4. The molecule has 0 spiro atoms. The third-order valence-corrected chi connectivity index (χ3v) is 8.50. The van der Waals surface area contributed by atoms with E-state index >= 15 is 0 Å². The molecule has 0 radical (unpaired) electrons. The maximum Gasteiger partial charge on any atom is 0.410 e. The van der Waals surface area contributed by atoms with E-state index < -0.39 is 5.60 Å². The van der Waals surface area contributed by atoms with Crippen LogP contribution in [0.4, 0.5) is 16.2 Å². The van der Waals surface area contributed by atoms with Crippen molar-refractivity contribution in [1.82, 2.24) is 4.90 Å². The minimum absolute atomic E-state index is 0.240. The summed E-state index contributed by atoms with van der Waals surface area (Å²) in [5, 5.41) is 0. The van der Waals surface area contributed by atoms with Crippen molar-refractivity contribution in [2.45, 2.75) is 65.9 Å². The molecule has 0 bridgehead atoms. The number of anilines is 2. The smallest absolute Gasteiger partial charge is 0.410 e. The molecule has 3 aromatic rings. The van der Waals surface area contributed by atoms with E-state index in [0.717, 1.165) is 65.6 Å². The van der Waals surface area contributed by atoms with Gasteiger partial charge < -0.3 is 28.9 Å². The molecule has 48 heavy (non-hydrogen) atoms. The van der Waals surface area contributed by atoms with E-state index in [1.807, 2.05) is 32.9 Å². The topological polar surface area (TPSA) is 54.5 Å². The number of nitrogens with zero attached hydrogens (tertiary/aromatic N) is 3. The van der Waals surface area contributed by atoms with Crippen LogP contribution in [0.2, 0.25) is 0 Å². The monoisotopic (exact) mass is 653 g/mol. The molecule has 1 aliphatic heterocycles. The van der Waals surface area contributed by atoms with Crippen molar-refractivity contribution in [3.05, 3.63) is 82.9 Å². The van der Waals surface area contributed by atoms with Crippen LogP contribution in [-0.4, -0.2) is 70.1 Å². The number of rotatable bonds is 14. The van der Waals surface area contributed by atoms with Gasteiger partial charge >= 0.3 is 6.09 Å². The number of benzene rings is 3. The van der Waals surface area contributed by atoms with Gasteiger partial charge in [-0.1, -0.05) is 75.3 Å². The lowest BCUT2D eigenvalue weighted by Crippen LogP contribution is -2.50. The molecule has 0 aromatic heterocycles. The summed E-state index contributed by atoms with van der Waals surface area (Å²) in [6.07, 6.45) is 12.9. The maximum absolute atomic E-state index is 12.4. The van der Waals surface area contributed by atoms with Crippen molar-refractivity contribution in [3.8, 4) is 11.5 Å². The highest BCUT2D eigenvalue weighted by Gasteiger charge is 2.26. The highest BCUT2D eigenvalue weighted by molar-refractivity contribution is 5.79. The normalized spacial score (nSPS) is 13.7. The molecule has 0 N–H and O–H groups in total. The zero-order chi connectivity index (χ0) is 34.5. The molecule has 0 aliphatic carbocycles. The predicted molar refractivity (Wildman–Crippen MR) is 202 cm³/mol. The van der Waals surface area contributed by atoms with Crippen molar-refractivity contribution in [2.75, 3.05) is 63.3 Å². The quantitative estimate of drug-likeness (QED) is 0.162. The molecule has 1 amide bonds. The Morgan fingerprint density at radius 3 is 1.65 bits per heavy atom. The lowest BCUT2D eigenvalue weighted by Gasteiger charge is -2.36. The first kappa shape index (κ1) is 36.4. The van der Waals surface area contributed by atoms with Crippen LogP contribution < -0.4 is 19.3 Å². The number of hydrogen-bond acceptors (Lipinski definition) is 6. The Kier molecular flexibility index (Phi) is 13.4. The average molecular weight is 654 g/mol. The van der Waals surface area contributed by atoms with Gasteiger partial charge in [0.1, 0.15) is 17.1 Å². The van der Waals surface area contributed by atoms with Gasteiger partial charge in [-0.2, -0.15) is 0 Å². The fourth-order valence-corrected chi connectivity index (χ4v) is 5.71. The number of carbonyl (C=O) groups excluding carboxylic acids is 1. The number of hydrogen-bond donors (Lipinski definition) is 0. The lowest BCUT2D eigenvalue weighted by atomic mass is 10.0. The molecule has 1 heterocycles. The Morgan fingerprint density at radius 1 is 0.729 bits per heavy atom. The molecule has 1 aliphatic rings. The summed E-state index contributed by atoms with van der Waals surface area (Å²) >= 11 is 0. The highest BCUT2D eigenvalue weighted by atomic mass is 16.6. The van der Waals surface area contributed by atoms with Gasteiger partial charge in [0.2, 0.25) is 0 Å². The van der Waals surface area contributed by atoms with E-state index in [1.54, 1.807) is 19.1 Å². The molecule has 258 valence electrons. The summed E-state index contributed by atoms with van der Waals surface area (Å²) in [6.45, 7) is 15.2. The third-order valence-electron chi connectivity index (χ3n) is 8.50. The molecule has 0 saturated carbocycles. The standard InChI is InChI=1S/C41H55N3O4/c1-8-10-24-42(25-11-9-2)36-20-14-32(15-21-36)12-18-34-30-39(47-7)35(31-38(34)46-6)19-13-33-16-22-37(23-17-33)43-26-28-44(29-27-43)40(45)48-41(3,4)5/h12-23,30-31H,8-11,24-29H2,1-7H3/b18-12+,19-13+. The van der Waals surface area contributed by atoms with Gasteiger partial charge in [-0.15, -0.1) is 0 Å². The van der Waals surface area contributed by atoms with Crippen LogP contribution in [-0.2, 0) is 4.74 Å². The minimum atomic E-state index is -0.483. The van der Waals surface area contributed by atoms with Crippen molar-refractivity contribution >= 4 is 41.8 Å². The largest absolute Gasteiger partial charge is 0.496 e. The third kappa shape index (κ3) is 10.6. The van der Waals surface area contributed by atoms with Gasteiger partial charge in [0.15, 0.2) is 0 Å². The Labute approximate surface area is 288 Å². The summed E-state index contributed by atoms with van der Waals surface area (Å²) in [4.78, 5) is 19.0. The van der Waals surface area contributed by atoms with Gasteiger partial charge in [0, 0.05) is 61.8 Å². The zero-order valence-corrected chi connectivity index (χ0v) is 30.1. The first-order valence-corrected chi connectivity index (χ1v) is 17.4. The van der Waals surface area contributed by atoms with E-state index in [4.69, 9.17) is 14.2 Å². The van der Waals surface area contributed by atoms with Crippen LogP contribution in [0.25, 0.3) is 24.3 Å². The molecule has 3 aromatic carbocycles. The Balaban J connectivity index is 1.40. The number of piperazine rings is 1. The summed E-state index contributed by atoms with van der Waals surface area (Å²) in [7, 11) is 3.40. The van der Waals surface area contributed by atoms with E-state index in [-0.39, 0.29) is 6.09 Å². The van der Waals surface area contributed by atoms with E-state index in [9.17, 15) is 4.79 Å². The molecule has 1 fully saturated rings. The molecule has 4 rings (SSSR count). The first-order chi connectivity index (χ1) is 23.1. The van der Waals surface area contributed by atoms with Crippen LogP contribution >= 0.6 is 0 Å². The van der Waals surface area contributed by atoms with Crippen molar-refractivity contribution in [1.29, 1.82) is 0 Å². The number of ether oxygens (including phenoxy) is 3. The second-order valence-electron chi connectivity index (χ2n) is 13.3. The number of unbranched alkanes of at least 4 members (excludes halogenated alkanes) is 2. The van der Waals surface area contributed by atoms with Gasteiger partial charge in [-0.3, -0.25) is 0 Å². The lowest BCUT2D eigenvalue weighted by molar-refractivity contribution is 0.0240. The Hall–Kier alpha value is -4.39. The molecule has 0 unspecified atom stereocenters. The summed E-state index contributed by atoms with van der Waals surface area (Å²) < 4.78 is 17.1.